The van der Waals surface area contributed by atoms with E-state index in [9.17, 15) is 4.79 Å². The van der Waals surface area contributed by atoms with E-state index in [-0.39, 0.29) is 11.4 Å². The Morgan fingerprint density at radius 3 is 2.00 bits per heavy atom. The smallest absolute Gasteiger partial charge is 0.236 e. The summed E-state index contributed by atoms with van der Waals surface area (Å²) >= 11 is 0. The van der Waals surface area contributed by atoms with Crippen LogP contribution in [0.4, 0.5) is 0 Å². The van der Waals surface area contributed by atoms with Crippen LogP contribution in [0, 0.1) is 11.3 Å². The third kappa shape index (κ3) is 4.97. The van der Waals surface area contributed by atoms with E-state index in [0.29, 0.717) is 12.0 Å². The zero-order valence-corrected chi connectivity index (χ0v) is 13.0. The summed E-state index contributed by atoms with van der Waals surface area (Å²) in [5, 5.41) is 3.27. The maximum atomic E-state index is 12.1. The SMILES string of the molecule is CC(C)(C)NCC(=O)N1CCC(C(C)(C)C)CC1. The molecule has 0 radical (unpaired) electrons. The molecule has 1 heterocycles. The third-order valence-corrected chi connectivity index (χ3v) is 3.84. The second-order valence-electron chi connectivity index (χ2n) is 7.62. The Labute approximate surface area is 112 Å². The first kappa shape index (κ1) is 15.5. The number of piperidine rings is 1. The first-order chi connectivity index (χ1) is 8.09. The van der Waals surface area contributed by atoms with Crippen LogP contribution in [-0.2, 0) is 4.79 Å². The van der Waals surface area contributed by atoms with Crippen molar-refractivity contribution in [2.75, 3.05) is 19.6 Å². The van der Waals surface area contributed by atoms with Crippen molar-refractivity contribution in [3.05, 3.63) is 0 Å². The van der Waals surface area contributed by atoms with E-state index in [2.05, 4.69) is 46.9 Å². The van der Waals surface area contributed by atoms with Gasteiger partial charge in [-0.05, 0) is 44.9 Å². The molecule has 0 bridgehead atoms. The molecule has 1 fully saturated rings. The highest BCUT2D eigenvalue weighted by molar-refractivity contribution is 5.78. The fraction of sp³-hybridized carbons (Fsp3) is 0.933. The molecule has 3 heteroatoms. The lowest BCUT2D eigenvalue weighted by atomic mass is 9.75. The number of carbonyl (C=O) groups is 1. The van der Waals surface area contributed by atoms with Crippen molar-refractivity contribution in [2.24, 2.45) is 11.3 Å². The fourth-order valence-electron chi connectivity index (χ4n) is 2.45. The summed E-state index contributed by atoms with van der Waals surface area (Å²) in [4.78, 5) is 14.1. The quantitative estimate of drug-likeness (QED) is 0.821. The number of hydrogen-bond acceptors (Lipinski definition) is 2. The van der Waals surface area contributed by atoms with Gasteiger partial charge in [0.1, 0.15) is 0 Å². The van der Waals surface area contributed by atoms with Crippen LogP contribution >= 0.6 is 0 Å². The molecule has 0 unspecified atom stereocenters. The van der Waals surface area contributed by atoms with Gasteiger partial charge in [0.15, 0.2) is 0 Å². The molecule has 1 rings (SSSR count). The van der Waals surface area contributed by atoms with Gasteiger partial charge < -0.3 is 10.2 Å². The van der Waals surface area contributed by atoms with E-state index in [1.165, 1.54) is 0 Å². The van der Waals surface area contributed by atoms with Crippen molar-refractivity contribution in [3.8, 4) is 0 Å². The topological polar surface area (TPSA) is 32.3 Å². The Balaban J connectivity index is 2.37. The molecule has 1 saturated heterocycles. The van der Waals surface area contributed by atoms with Gasteiger partial charge in [0, 0.05) is 18.6 Å². The van der Waals surface area contributed by atoms with Gasteiger partial charge in [0.2, 0.25) is 5.91 Å². The van der Waals surface area contributed by atoms with Gasteiger partial charge in [-0.1, -0.05) is 20.8 Å². The molecule has 0 aromatic heterocycles. The summed E-state index contributed by atoms with van der Waals surface area (Å²) in [6.45, 7) is 15.5. The van der Waals surface area contributed by atoms with E-state index in [0.717, 1.165) is 31.8 Å². The van der Waals surface area contributed by atoms with E-state index < -0.39 is 0 Å². The van der Waals surface area contributed by atoms with Crippen molar-refractivity contribution in [1.82, 2.24) is 10.2 Å². The molecule has 3 nitrogen and oxygen atoms in total. The number of nitrogens with one attached hydrogen (secondary N) is 1. The summed E-state index contributed by atoms with van der Waals surface area (Å²) < 4.78 is 0. The monoisotopic (exact) mass is 254 g/mol. The fourth-order valence-corrected chi connectivity index (χ4v) is 2.45. The van der Waals surface area contributed by atoms with Crippen LogP contribution in [-0.4, -0.2) is 36.0 Å². The third-order valence-electron chi connectivity index (χ3n) is 3.84. The van der Waals surface area contributed by atoms with Gasteiger partial charge in [-0.3, -0.25) is 4.79 Å². The Morgan fingerprint density at radius 2 is 1.61 bits per heavy atom. The summed E-state index contributed by atoms with van der Waals surface area (Å²) in [6, 6.07) is 0. The van der Waals surface area contributed by atoms with Crippen molar-refractivity contribution in [1.29, 1.82) is 0 Å². The molecular formula is C15H30N2O. The first-order valence-corrected chi connectivity index (χ1v) is 7.12. The molecule has 0 spiro atoms. The Morgan fingerprint density at radius 1 is 1.11 bits per heavy atom. The van der Waals surface area contributed by atoms with Crippen molar-refractivity contribution >= 4 is 5.91 Å². The van der Waals surface area contributed by atoms with Crippen LogP contribution in [0.1, 0.15) is 54.4 Å². The standard InChI is InChI=1S/C15H30N2O/c1-14(2,3)12-7-9-17(10-8-12)13(18)11-16-15(4,5)6/h12,16H,7-11H2,1-6H3. The van der Waals surface area contributed by atoms with Gasteiger partial charge >= 0.3 is 0 Å². The van der Waals surface area contributed by atoms with E-state index in [1.54, 1.807) is 0 Å². The van der Waals surface area contributed by atoms with Crippen LogP contribution in [0.25, 0.3) is 0 Å². The van der Waals surface area contributed by atoms with Crippen molar-refractivity contribution in [3.63, 3.8) is 0 Å². The second kappa shape index (κ2) is 5.60. The maximum Gasteiger partial charge on any atom is 0.236 e. The molecule has 106 valence electrons. The molecule has 18 heavy (non-hydrogen) atoms. The van der Waals surface area contributed by atoms with Gasteiger partial charge in [0.05, 0.1) is 6.54 Å². The number of hydrogen-bond donors (Lipinski definition) is 1. The molecule has 1 aliphatic rings. The number of carbonyl (C=O) groups excluding carboxylic acids is 1. The Kier molecular flexibility index (Phi) is 4.82. The molecule has 0 atom stereocenters. The predicted octanol–water partition coefficient (Wildman–Crippen LogP) is 2.66. The molecule has 0 aromatic carbocycles. The van der Waals surface area contributed by atoms with Gasteiger partial charge in [0.25, 0.3) is 0 Å². The summed E-state index contributed by atoms with van der Waals surface area (Å²) in [7, 11) is 0. The first-order valence-electron chi connectivity index (χ1n) is 7.12. The highest BCUT2D eigenvalue weighted by Gasteiger charge is 2.30. The second-order valence-corrected chi connectivity index (χ2v) is 7.62. The van der Waals surface area contributed by atoms with E-state index >= 15 is 0 Å². The minimum atomic E-state index is 0.0133. The zero-order chi connectivity index (χ0) is 14.0. The molecular weight excluding hydrogens is 224 g/mol. The summed E-state index contributed by atoms with van der Waals surface area (Å²) in [5.74, 6) is 0.995. The lowest BCUT2D eigenvalue weighted by molar-refractivity contribution is -0.132. The van der Waals surface area contributed by atoms with Crippen LogP contribution in [0.5, 0.6) is 0 Å². The minimum Gasteiger partial charge on any atom is -0.342 e. The lowest BCUT2D eigenvalue weighted by Crippen LogP contribution is -2.48. The number of likely N-dealkylation sites (tertiary alicyclic amines) is 1. The predicted molar refractivity (Wildman–Crippen MR) is 76.5 cm³/mol. The lowest BCUT2D eigenvalue weighted by Gasteiger charge is -2.39. The van der Waals surface area contributed by atoms with E-state index in [1.807, 2.05) is 4.90 Å². The highest BCUT2D eigenvalue weighted by Crippen LogP contribution is 2.34. The van der Waals surface area contributed by atoms with Gasteiger partial charge in [-0.2, -0.15) is 0 Å². The number of rotatable bonds is 2. The Hall–Kier alpha value is -0.570. The normalized spacial score (nSPS) is 19.1. The average Bonchev–Trinajstić information content (AvgIpc) is 2.24. The summed E-state index contributed by atoms with van der Waals surface area (Å²) in [5.41, 5.74) is 0.387. The minimum absolute atomic E-state index is 0.0133. The van der Waals surface area contributed by atoms with Crippen molar-refractivity contribution in [2.45, 2.75) is 59.9 Å². The molecule has 1 amide bonds. The van der Waals surface area contributed by atoms with Crippen LogP contribution in [0.3, 0.4) is 0 Å². The molecule has 0 saturated carbocycles. The van der Waals surface area contributed by atoms with Gasteiger partial charge in [-0.15, -0.1) is 0 Å². The number of amides is 1. The van der Waals surface area contributed by atoms with Crippen LogP contribution < -0.4 is 5.32 Å². The van der Waals surface area contributed by atoms with Crippen molar-refractivity contribution < 1.29 is 4.79 Å². The van der Waals surface area contributed by atoms with Crippen LogP contribution in [0.15, 0.2) is 0 Å². The molecule has 0 aliphatic carbocycles. The molecule has 1 aliphatic heterocycles. The van der Waals surface area contributed by atoms with E-state index in [4.69, 9.17) is 0 Å². The molecule has 0 aromatic rings. The zero-order valence-electron chi connectivity index (χ0n) is 13.0. The average molecular weight is 254 g/mol. The Bertz CT molecular complexity index is 278. The largest absolute Gasteiger partial charge is 0.342 e. The van der Waals surface area contributed by atoms with Crippen LogP contribution in [0.2, 0.25) is 0 Å². The maximum absolute atomic E-state index is 12.1. The van der Waals surface area contributed by atoms with Gasteiger partial charge in [-0.25, -0.2) is 0 Å². The summed E-state index contributed by atoms with van der Waals surface area (Å²) in [6.07, 6.45) is 2.29. The highest BCUT2D eigenvalue weighted by atomic mass is 16.2. The number of nitrogens with zero attached hydrogens (tertiary/aromatic N) is 1. The molecule has 1 N–H and O–H groups in total.